The first-order valence-corrected chi connectivity index (χ1v) is 7.64. The highest BCUT2D eigenvalue weighted by Gasteiger charge is 2.08. The summed E-state index contributed by atoms with van der Waals surface area (Å²) in [7, 11) is -0.725. The van der Waals surface area contributed by atoms with Crippen molar-refractivity contribution in [3.05, 3.63) is 24.3 Å². The van der Waals surface area contributed by atoms with E-state index in [4.69, 9.17) is 4.74 Å². The number of carbonyl (C=O) groups excluding carboxylic acids is 1. The summed E-state index contributed by atoms with van der Waals surface area (Å²) in [6.07, 6.45) is 6.06. The van der Waals surface area contributed by atoms with Gasteiger partial charge >= 0.3 is 6.09 Å². The second-order valence-electron chi connectivity index (χ2n) is 3.81. The van der Waals surface area contributed by atoms with Gasteiger partial charge in [0.1, 0.15) is 5.75 Å². The van der Waals surface area contributed by atoms with E-state index < -0.39 is 16.1 Å². The number of thiol groups is 1. The van der Waals surface area contributed by atoms with E-state index in [1.807, 2.05) is 12.1 Å². The number of benzene rings is 1. The van der Waals surface area contributed by atoms with Crippen molar-refractivity contribution >= 4 is 28.9 Å². The molecule has 0 atom stereocenters. The summed E-state index contributed by atoms with van der Waals surface area (Å²) in [5, 5.41) is 0. The predicted molar refractivity (Wildman–Crippen MR) is 68.2 cm³/mol. The van der Waals surface area contributed by atoms with Crippen LogP contribution in [-0.4, -0.2) is 24.9 Å². The molecule has 0 aliphatic heterocycles. The number of hydrogen-bond donors (Lipinski definition) is 2. The van der Waals surface area contributed by atoms with Crippen LogP contribution < -0.4 is 9.46 Å². The summed E-state index contributed by atoms with van der Waals surface area (Å²) >= 11 is 3.59. The Morgan fingerprint density at radius 2 is 1.80 bits per heavy atom. The largest absolute Gasteiger partial charge is 0.422 e. The van der Waals surface area contributed by atoms with Gasteiger partial charge in [-0.25, -0.2) is 14.8 Å². The second kappa shape index (κ2) is 4.81. The fourth-order valence-electron chi connectivity index (χ4n) is 1.05. The van der Waals surface area contributed by atoms with Crippen LogP contribution in [0.15, 0.2) is 29.2 Å². The molecular formula is C10H15NO2S2. The number of rotatable bonds is 2. The molecule has 1 amide bonds. The molecule has 1 aromatic rings. The monoisotopic (exact) mass is 245 g/mol. The molecule has 0 unspecified atom stereocenters. The Kier molecular flexibility index (Phi) is 3.93. The van der Waals surface area contributed by atoms with Gasteiger partial charge in [0.15, 0.2) is 0 Å². The van der Waals surface area contributed by atoms with E-state index >= 15 is 0 Å². The fraction of sp³-hybridized carbons (Fsp3) is 0.300. The molecule has 0 heterocycles. The smallest absolute Gasteiger partial charge is 0.410 e. The standard InChI is InChI=1S/C10H15NO2S2/c1-15(2,3)9-6-4-8(5-7-9)13-10(12)11-14/h4-7,14H,1-3H3,(H,11,12). The summed E-state index contributed by atoms with van der Waals surface area (Å²) in [6, 6.07) is 7.54. The van der Waals surface area contributed by atoms with Crippen LogP contribution in [0.5, 0.6) is 5.75 Å². The van der Waals surface area contributed by atoms with Gasteiger partial charge in [-0.1, -0.05) is 12.8 Å². The molecule has 0 fully saturated rings. The van der Waals surface area contributed by atoms with Crippen molar-refractivity contribution in [3.8, 4) is 5.75 Å². The molecule has 0 saturated heterocycles. The third kappa shape index (κ3) is 3.68. The summed E-state index contributed by atoms with van der Waals surface area (Å²) in [6.45, 7) is 0. The lowest BCUT2D eigenvalue weighted by Crippen LogP contribution is -2.17. The minimum atomic E-state index is -0.725. The number of hydrogen-bond acceptors (Lipinski definition) is 3. The lowest BCUT2D eigenvalue weighted by molar-refractivity contribution is 0.207. The molecule has 3 nitrogen and oxygen atoms in total. The molecule has 0 spiro atoms. The minimum absolute atomic E-state index is 0.522. The highest BCUT2D eigenvalue weighted by atomic mass is 32.3. The van der Waals surface area contributed by atoms with Gasteiger partial charge in [0.05, 0.1) is 0 Å². The first-order chi connectivity index (χ1) is 6.93. The van der Waals surface area contributed by atoms with E-state index in [0.717, 1.165) is 0 Å². The maximum atomic E-state index is 10.9. The molecule has 0 aromatic heterocycles. The van der Waals surface area contributed by atoms with Crippen molar-refractivity contribution in [2.45, 2.75) is 4.90 Å². The molecule has 1 N–H and O–H groups in total. The summed E-state index contributed by atoms with van der Waals surface area (Å²) < 4.78 is 7.01. The van der Waals surface area contributed by atoms with Gasteiger partial charge in [-0.3, -0.25) is 4.72 Å². The molecule has 15 heavy (non-hydrogen) atoms. The second-order valence-corrected chi connectivity index (χ2v) is 8.18. The molecular weight excluding hydrogens is 230 g/mol. The normalized spacial score (nSPS) is 12.0. The molecule has 1 rings (SSSR count). The maximum Gasteiger partial charge on any atom is 0.422 e. The van der Waals surface area contributed by atoms with Gasteiger partial charge < -0.3 is 4.74 Å². The number of carbonyl (C=O) groups is 1. The summed E-state index contributed by atoms with van der Waals surface area (Å²) in [4.78, 5) is 12.1. The van der Waals surface area contributed by atoms with Crippen molar-refractivity contribution in [2.24, 2.45) is 0 Å². The molecule has 1 aromatic carbocycles. The predicted octanol–water partition coefficient (Wildman–Crippen LogP) is 2.67. The zero-order valence-corrected chi connectivity index (χ0v) is 10.7. The Labute approximate surface area is 97.1 Å². The molecule has 0 aliphatic rings. The van der Waals surface area contributed by atoms with Gasteiger partial charge in [-0.05, 0) is 47.9 Å². The fourth-order valence-corrected chi connectivity index (χ4v) is 2.04. The van der Waals surface area contributed by atoms with E-state index in [1.165, 1.54) is 4.90 Å². The molecule has 0 saturated carbocycles. The van der Waals surface area contributed by atoms with Gasteiger partial charge in [0.25, 0.3) is 0 Å². The van der Waals surface area contributed by atoms with Gasteiger partial charge in [0.2, 0.25) is 0 Å². The van der Waals surface area contributed by atoms with E-state index in [9.17, 15) is 4.79 Å². The Morgan fingerprint density at radius 1 is 1.27 bits per heavy atom. The van der Waals surface area contributed by atoms with Gasteiger partial charge in [-0.15, -0.1) is 0 Å². The Morgan fingerprint density at radius 3 is 2.20 bits per heavy atom. The summed E-state index contributed by atoms with van der Waals surface area (Å²) in [5.41, 5.74) is 0. The van der Waals surface area contributed by atoms with Crippen LogP contribution in [0.4, 0.5) is 4.79 Å². The van der Waals surface area contributed by atoms with E-state index in [2.05, 4.69) is 36.3 Å². The van der Waals surface area contributed by atoms with Crippen LogP contribution in [0.1, 0.15) is 0 Å². The molecule has 0 bridgehead atoms. The molecule has 0 aliphatic carbocycles. The quantitative estimate of drug-likeness (QED) is 0.786. The van der Waals surface area contributed by atoms with E-state index in [1.54, 1.807) is 12.1 Å². The molecule has 84 valence electrons. The van der Waals surface area contributed by atoms with Gasteiger partial charge in [0, 0.05) is 0 Å². The van der Waals surface area contributed by atoms with Crippen LogP contribution in [0.2, 0.25) is 0 Å². The van der Waals surface area contributed by atoms with Crippen LogP contribution in [0.3, 0.4) is 0 Å². The molecule has 5 heteroatoms. The average Bonchev–Trinajstić information content (AvgIpc) is 2.17. The highest BCUT2D eigenvalue weighted by molar-refractivity contribution is 8.32. The zero-order valence-electron chi connectivity index (χ0n) is 8.98. The van der Waals surface area contributed by atoms with Crippen LogP contribution in [0.25, 0.3) is 0 Å². The van der Waals surface area contributed by atoms with Crippen LogP contribution >= 0.6 is 22.8 Å². The lowest BCUT2D eigenvalue weighted by atomic mass is 10.3. The van der Waals surface area contributed by atoms with Crippen molar-refractivity contribution in [1.82, 2.24) is 4.72 Å². The van der Waals surface area contributed by atoms with E-state index in [0.29, 0.717) is 5.75 Å². The third-order valence-corrected chi connectivity index (χ3v) is 3.70. The Bertz CT molecular complexity index is 343. The number of amides is 1. The Hall–Kier alpha value is -0.810. The average molecular weight is 245 g/mol. The van der Waals surface area contributed by atoms with Crippen molar-refractivity contribution in [1.29, 1.82) is 0 Å². The van der Waals surface area contributed by atoms with Crippen LogP contribution in [-0.2, 0) is 0 Å². The molecule has 0 radical (unpaired) electrons. The minimum Gasteiger partial charge on any atom is -0.410 e. The van der Waals surface area contributed by atoms with Crippen molar-refractivity contribution in [2.75, 3.05) is 18.8 Å². The first-order valence-electron chi connectivity index (χ1n) is 4.34. The third-order valence-electron chi connectivity index (χ3n) is 1.83. The topological polar surface area (TPSA) is 38.3 Å². The lowest BCUT2D eigenvalue weighted by Gasteiger charge is -2.25. The van der Waals surface area contributed by atoms with E-state index in [-0.39, 0.29) is 0 Å². The SMILES string of the molecule is CS(C)(C)c1ccc(OC(=O)NS)cc1. The van der Waals surface area contributed by atoms with Crippen molar-refractivity contribution in [3.63, 3.8) is 0 Å². The van der Waals surface area contributed by atoms with Crippen LogP contribution in [0, 0.1) is 0 Å². The van der Waals surface area contributed by atoms with Crippen molar-refractivity contribution < 1.29 is 9.53 Å². The Balaban J connectivity index is 2.77. The summed E-state index contributed by atoms with van der Waals surface area (Å²) in [5.74, 6) is 0.522. The highest BCUT2D eigenvalue weighted by Crippen LogP contribution is 2.45. The number of nitrogens with one attached hydrogen (secondary N) is 1. The number of ether oxygens (including phenoxy) is 1. The maximum absolute atomic E-state index is 10.9. The zero-order chi connectivity index (χ0) is 11.5. The van der Waals surface area contributed by atoms with Gasteiger partial charge in [-0.2, -0.15) is 0 Å². The first kappa shape index (κ1) is 12.3.